The van der Waals surface area contributed by atoms with Crippen LogP contribution in [-0.2, 0) is 0 Å². The molecule has 3 nitrogen and oxygen atoms in total. The Morgan fingerprint density at radius 3 is 2.60 bits per heavy atom. The third kappa shape index (κ3) is 1.83. The molecule has 1 heterocycles. The van der Waals surface area contributed by atoms with E-state index in [-0.39, 0.29) is 0 Å². The van der Waals surface area contributed by atoms with Crippen molar-refractivity contribution < 1.29 is 0 Å². The number of hydrogen-bond acceptors (Lipinski definition) is 2. The maximum atomic E-state index is 8.98. The monoisotopic (exact) mass is 325 g/mol. The number of nitriles is 1. The predicted octanol–water partition coefficient (Wildman–Crippen LogP) is 3.27. The minimum atomic E-state index is 0.608. The smallest absolute Gasteiger partial charge is 0.182 e. The minimum absolute atomic E-state index is 0.608. The van der Waals surface area contributed by atoms with Gasteiger partial charge in [0.05, 0.1) is 17.4 Å². The Hall–Kier alpha value is -1.12. The fourth-order valence-corrected chi connectivity index (χ4v) is 2.47. The Labute approximate surface area is 104 Å². The van der Waals surface area contributed by atoms with Crippen molar-refractivity contribution in [1.29, 1.82) is 5.26 Å². The molecule has 0 atom stereocenters. The molecule has 0 aliphatic carbocycles. The standard InChI is InChI=1S/C10H5Br2N3/c11-9-6-14-10(12)15(9)8-4-2-1-3-7(8)5-13/h1-4,6H. The first-order valence-corrected chi connectivity index (χ1v) is 5.71. The second-order valence-corrected chi connectivity index (χ2v) is 4.34. The molecular formula is C10H5Br2N3. The third-order valence-corrected chi connectivity index (χ3v) is 3.06. The van der Waals surface area contributed by atoms with E-state index in [1.165, 1.54) is 0 Å². The van der Waals surface area contributed by atoms with Gasteiger partial charge in [0.25, 0.3) is 0 Å². The number of nitrogens with zero attached hydrogens (tertiary/aromatic N) is 3. The molecule has 0 aliphatic heterocycles. The molecule has 1 aromatic carbocycles. The Morgan fingerprint density at radius 1 is 1.27 bits per heavy atom. The van der Waals surface area contributed by atoms with Gasteiger partial charge in [-0.1, -0.05) is 12.1 Å². The van der Waals surface area contributed by atoms with Crippen molar-refractivity contribution in [1.82, 2.24) is 9.55 Å². The topological polar surface area (TPSA) is 41.6 Å². The van der Waals surface area contributed by atoms with E-state index in [0.717, 1.165) is 10.3 Å². The average molecular weight is 327 g/mol. The van der Waals surface area contributed by atoms with Gasteiger partial charge < -0.3 is 0 Å². The molecule has 0 aliphatic rings. The van der Waals surface area contributed by atoms with Crippen LogP contribution in [0.2, 0.25) is 0 Å². The van der Waals surface area contributed by atoms with Gasteiger partial charge in [0.1, 0.15) is 10.7 Å². The molecule has 74 valence electrons. The van der Waals surface area contributed by atoms with Crippen molar-refractivity contribution in [3.05, 3.63) is 45.4 Å². The van der Waals surface area contributed by atoms with E-state index in [1.54, 1.807) is 12.3 Å². The van der Waals surface area contributed by atoms with Crippen LogP contribution in [0.3, 0.4) is 0 Å². The number of halogens is 2. The fraction of sp³-hybridized carbons (Fsp3) is 0. The predicted molar refractivity (Wildman–Crippen MR) is 63.7 cm³/mol. The lowest BCUT2D eigenvalue weighted by Crippen LogP contribution is -1.97. The first-order chi connectivity index (χ1) is 7.24. The highest BCUT2D eigenvalue weighted by Crippen LogP contribution is 2.24. The summed E-state index contributed by atoms with van der Waals surface area (Å²) in [5.74, 6) is 0. The van der Waals surface area contributed by atoms with Gasteiger partial charge in [0.2, 0.25) is 0 Å². The number of rotatable bonds is 1. The van der Waals surface area contributed by atoms with E-state index >= 15 is 0 Å². The molecule has 0 unspecified atom stereocenters. The highest BCUT2D eigenvalue weighted by Gasteiger charge is 2.10. The summed E-state index contributed by atoms with van der Waals surface area (Å²) in [6, 6.07) is 9.51. The Balaban J connectivity index is 2.70. The maximum absolute atomic E-state index is 8.98. The molecule has 0 radical (unpaired) electrons. The largest absolute Gasteiger partial charge is 0.280 e. The van der Waals surface area contributed by atoms with Crippen molar-refractivity contribution in [3.8, 4) is 11.8 Å². The molecule has 15 heavy (non-hydrogen) atoms. The normalized spacial score (nSPS) is 9.93. The molecule has 0 saturated heterocycles. The Bertz CT molecular complexity index is 520. The summed E-state index contributed by atoms with van der Waals surface area (Å²) in [5, 5.41) is 8.98. The van der Waals surface area contributed by atoms with Crippen LogP contribution < -0.4 is 0 Å². The number of para-hydroxylation sites is 1. The molecule has 0 bridgehead atoms. The molecule has 0 N–H and O–H groups in total. The number of hydrogen-bond donors (Lipinski definition) is 0. The number of aromatic nitrogens is 2. The first-order valence-electron chi connectivity index (χ1n) is 4.12. The van der Waals surface area contributed by atoms with Gasteiger partial charge in [-0.3, -0.25) is 4.57 Å². The molecule has 1 aromatic heterocycles. The van der Waals surface area contributed by atoms with Crippen LogP contribution in [0.1, 0.15) is 5.56 Å². The van der Waals surface area contributed by atoms with Crippen molar-refractivity contribution in [2.24, 2.45) is 0 Å². The molecule has 0 saturated carbocycles. The summed E-state index contributed by atoms with van der Waals surface area (Å²) in [4.78, 5) is 4.09. The highest BCUT2D eigenvalue weighted by atomic mass is 79.9. The number of imidazole rings is 1. The van der Waals surface area contributed by atoms with E-state index in [0.29, 0.717) is 10.3 Å². The van der Waals surface area contributed by atoms with Crippen molar-refractivity contribution >= 4 is 31.9 Å². The SMILES string of the molecule is N#Cc1ccccc1-n1c(Br)cnc1Br. The van der Waals surface area contributed by atoms with Gasteiger partial charge in [-0.15, -0.1) is 0 Å². The lowest BCUT2D eigenvalue weighted by molar-refractivity contribution is 0.987. The van der Waals surface area contributed by atoms with Crippen molar-refractivity contribution in [2.45, 2.75) is 0 Å². The third-order valence-electron chi connectivity index (χ3n) is 1.94. The van der Waals surface area contributed by atoms with Crippen LogP contribution >= 0.6 is 31.9 Å². The lowest BCUT2D eigenvalue weighted by atomic mass is 10.2. The van der Waals surface area contributed by atoms with E-state index in [4.69, 9.17) is 5.26 Å². The maximum Gasteiger partial charge on any atom is 0.182 e. The summed E-state index contributed by atoms with van der Waals surface area (Å²) < 4.78 is 3.28. The summed E-state index contributed by atoms with van der Waals surface area (Å²) in [7, 11) is 0. The second kappa shape index (κ2) is 4.17. The second-order valence-electron chi connectivity index (χ2n) is 2.81. The zero-order valence-electron chi connectivity index (χ0n) is 7.48. The molecule has 2 rings (SSSR count). The van der Waals surface area contributed by atoms with E-state index in [2.05, 4.69) is 42.9 Å². The zero-order valence-corrected chi connectivity index (χ0v) is 10.7. The summed E-state index contributed by atoms with van der Waals surface area (Å²) in [6.07, 6.45) is 1.68. The lowest BCUT2D eigenvalue weighted by Gasteiger charge is -2.07. The summed E-state index contributed by atoms with van der Waals surface area (Å²) >= 11 is 6.71. The van der Waals surface area contributed by atoms with Crippen LogP contribution in [0.5, 0.6) is 0 Å². The van der Waals surface area contributed by atoms with Gasteiger partial charge in [-0.05, 0) is 44.0 Å². The first kappa shape index (κ1) is 10.4. The van der Waals surface area contributed by atoms with Crippen molar-refractivity contribution in [2.75, 3.05) is 0 Å². The highest BCUT2D eigenvalue weighted by molar-refractivity contribution is 9.11. The van der Waals surface area contributed by atoms with Crippen molar-refractivity contribution in [3.63, 3.8) is 0 Å². The van der Waals surface area contributed by atoms with Gasteiger partial charge in [-0.25, -0.2) is 4.98 Å². The van der Waals surface area contributed by atoms with Gasteiger partial charge in [0.15, 0.2) is 4.73 Å². The van der Waals surface area contributed by atoms with E-state index in [1.807, 2.05) is 22.8 Å². The fourth-order valence-electron chi connectivity index (χ4n) is 1.29. The molecule has 0 fully saturated rings. The van der Waals surface area contributed by atoms with E-state index in [9.17, 15) is 0 Å². The Morgan fingerprint density at radius 2 is 2.00 bits per heavy atom. The molecular weight excluding hydrogens is 322 g/mol. The van der Waals surface area contributed by atoms with Crippen LogP contribution in [0, 0.1) is 11.3 Å². The zero-order chi connectivity index (χ0) is 10.8. The van der Waals surface area contributed by atoms with Crippen LogP contribution in [0.4, 0.5) is 0 Å². The van der Waals surface area contributed by atoms with Crippen LogP contribution in [-0.4, -0.2) is 9.55 Å². The minimum Gasteiger partial charge on any atom is -0.280 e. The summed E-state index contributed by atoms with van der Waals surface area (Å²) in [6.45, 7) is 0. The van der Waals surface area contributed by atoms with Gasteiger partial charge >= 0.3 is 0 Å². The molecule has 5 heteroatoms. The van der Waals surface area contributed by atoms with Crippen LogP contribution in [0.25, 0.3) is 5.69 Å². The number of benzene rings is 1. The van der Waals surface area contributed by atoms with Crippen LogP contribution in [0.15, 0.2) is 39.8 Å². The quantitative estimate of drug-likeness (QED) is 0.807. The Kier molecular flexibility index (Phi) is 2.89. The molecule has 0 spiro atoms. The van der Waals surface area contributed by atoms with Gasteiger partial charge in [-0.2, -0.15) is 5.26 Å². The van der Waals surface area contributed by atoms with E-state index < -0.39 is 0 Å². The summed E-state index contributed by atoms with van der Waals surface area (Å²) in [5.41, 5.74) is 1.41. The van der Waals surface area contributed by atoms with Gasteiger partial charge in [0, 0.05) is 0 Å². The average Bonchev–Trinajstić information content (AvgIpc) is 2.59. The molecule has 0 amide bonds. The molecule has 2 aromatic rings.